The van der Waals surface area contributed by atoms with E-state index in [0.29, 0.717) is 5.02 Å². The Hall–Kier alpha value is -1.52. The molecule has 0 aliphatic heterocycles. The second-order valence-corrected chi connectivity index (χ2v) is 5.00. The Morgan fingerprint density at radius 3 is 2.58 bits per heavy atom. The third kappa shape index (κ3) is 4.26. The molecule has 1 aliphatic carbocycles. The Kier molecular flexibility index (Phi) is 4.82. The van der Waals surface area contributed by atoms with E-state index in [1.165, 1.54) is 0 Å². The highest BCUT2D eigenvalue weighted by atomic mass is 35.5. The van der Waals surface area contributed by atoms with E-state index in [1.54, 1.807) is 24.3 Å². The second-order valence-electron chi connectivity index (χ2n) is 4.56. The number of halogens is 1. The maximum atomic E-state index is 11.6. The van der Waals surface area contributed by atoms with Crippen LogP contribution in [0.2, 0.25) is 5.02 Å². The number of hydrogen-bond acceptors (Lipinski definition) is 2. The smallest absolute Gasteiger partial charge is 0.315 e. The van der Waals surface area contributed by atoms with E-state index >= 15 is 0 Å². The molecule has 1 aliphatic rings. The quantitative estimate of drug-likeness (QED) is 0.742. The maximum Gasteiger partial charge on any atom is 0.315 e. The first-order valence-corrected chi connectivity index (χ1v) is 6.66. The van der Waals surface area contributed by atoms with Gasteiger partial charge in [-0.05, 0) is 30.5 Å². The highest BCUT2D eigenvalue weighted by Crippen LogP contribution is 2.15. The Balaban J connectivity index is 1.74. The third-order valence-corrected chi connectivity index (χ3v) is 3.31. The predicted octanol–water partition coefficient (Wildman–Crippen LogP) is 2.39. The topological polar surface area (TPSA) is 61.4 Å². The van der Waals surface area contributed by atoms with Gasteiger partial charge in [-0.25, -0.2) is 4.79 Å². The van der Waals surface area contributed by atoms with E-state index in [2.05, 4.69) is 10.6 Å². The fraction of sp³-hybridized carbons (Fsp3) is 0.357. The van der Waals surface area contributed by atoms with Crippen molar-refractivity contribution in [3.63, 3.8) is 0 Å². The molecule has 0 bridgehead atoms. The molecule has 1 atom stereocenters. The summed E-state index contributed by atoms with van der Waals surface area (Å²) in [6, 6.07) is 6.84. The summed E-state index contributed by atoms with van der Waals surface area (Å²) >= 11 is 5.77. The molecule has 102 valence electrons. The van der Waals surface area contributed by atoms with E-state index in [0.717, 1.165) is 18.4 Å². The molecule has 3 N–H and O–H groups in total. The minimum atomic E-state index is -0.732. The zero-order valence-corrected chi connectivity index (χ0v) is 11.2. The van der Waals surface area contributed by atoms with Crippen molar-refractivity contribution >= 4 is 17.6 Å². The van der Waals surface area contributed by atoms with Crippen LogP contribution in [0, 0.1) is 0 Å². The molecule has 1 unspecified atom stereocenters. The van der Waals surface area contributed by atoms with Gasteiger partial charge in [-0.1, -0.05) is 35.9 Å². The molecular weight excluding hydrogens is 264 g/mol. The molecule has 5 heteroatoms. The van der Waals surface area contributed by atoms with E-state index < -0.39 is 6.10 Å². The summed E-state index contributed by atoms with van der Waals surface area (Å²) in [6.45, 7) is 0.174. The van der Waals surface area contributed by atoms with Crippen molar-refractivity contribution in [2.45, 2.75) is 25.0 Å². The standard InChI is InChI=1S/C14H17ClN2O2/c15-11-7-5-10(6-8-11)13(18)9-16-14(19)17-12-3-1-2-4-12/h1-2,5-8,12-13,18H,3-4,9H2,(H2,16,17,19). The summed E-state index contributed by atoms with van der Waals surface area (Å²) < 4.78 is 0. The summed E-state index contributed by atoms with van der Waals surface area (Å²) in [7, 11) is 0. The van der Waals surface area contributed by atoms with E-state index in [1.807, 2.05) is 12.2 Å². The summed E-state index contributed by atoms with van der Waals surface area (Å²) in [5.41, 5.74) is 0.729. The monoisotopic (exact) mass is 280 g/mol. The molecule has 0 spiro atoms. The number of hydrogen-bond donors (Lipinski definition) is 3. The van der Waals surface area contributed by atoms with Gasteiger partial charge in [0.2, 0.25) is 0 Å². The van der Waals surface area contributed by atoms with Crippen molar-refractivity contribution in [1.29, 1.82) is 0 Å². The van der Waals surface area contributed by atoms with Crippen molar-refractivity contribution in [3.05, 3.63) is 47.0 Å². The number of amides is 2. The van der Waals surface area contributed by atoms with Gasteiger partial charge in [0.1, 0.15) is 0 Å². The average molecular weight is 281 g/mol. The molecule has 0 radical (unpaired) electrons. The minimum absolute atomic E-state index is 0.174. The zero-order chi connectivity index (χ0) is 13.7. The van der Waals surface area contributed by atoms with Gasteiger partial charge in [-0.3, -0.25) is 0 Å². The van der Waals surface area contributed by atoms with Crippen LogP contribution < -0.4 is 10.6 Å². The lowest BCUT2D eigenvalue weighted by atomic mass is 10.1. The fourth-order valence-electron chi connectivity index (χ4n) is 1.96. The molecule has 1 aromatic carbocycles. The van der Waals surface area contributed by atoms with Crippen LogP contribution in [0.1, 0.15) is 24.5 Å². The molecule has 0 fully saturated rings. The molecule has 0 heterocycles. The minimum Gasteiger partial charge on any atom is -0.387 e. The molecule has 19 heavy (non-hydrogen) atoms. The predicted molar refractivity (Wildman–Crippen MR) is 75.1 cm³/mol. The summed E-state index contributed by atoms with van der Waals surface area (Å²) in [5.74, 6) is 0. The normalized spacial score (nSPS) is 16.3. The van der Waals surface area contributed by atoms with E-state index in [4.69, 9.17) is 11.6 Å². The van der Waals surface area contributed by atoms with Gasteiger partial charge in [0.25, 0.3) is 0 Å². The number of urea groups is 1. The number of aliphatic hydroxyl groups is 1. The summed E-state index contributed by atoms with van der Waals surface area (Å²) in [5, 5.41) is 16.1. The van der Waals surface area contributed by atoms with E-state index in [-0.39, 0.29) is 18.6 Å². The summed E-state index contributed by atoms with van der Waals surface area (Å²) in [6.07, 6.45) is 5.10. The van der Waals surface area contributed by atoms with Gasteiger partial charge in [0, 0.05) is 17.6 Å². The van der Waals surface area contributed by atoms with Gasteiger partial charge < -0.3 is 15.7 Å². The number of rotatable bonds is 4. The van der Waals surface area contributed by atoms with E-state index in [9.17, 15) is 9.90 Å². The second kappa shape index (κ2) is 6.59. The highest BCUT2D eigenvalue weighted by Gasteiger charge is 2.14. The molecule has 0 aromatic heterocycles. The first-order chi connectivity index (χ1) is 9.15. The van der Waals surface area contributed by atoms with Crippen LogP contribution >= 0.6 is 11.6 Å². The van der Waals surface area contributed by atoms with Crippen LogP contribution in [-0.4, -0.2) is 23.7 Å². The van der Waals surface area contributed by atoms with Crippen LogP contribution in [0.3, 0.4) is 0 Å². The molecule has 0 saturated heterocycles. The first kappa shape index (κ1) is 13.9. The molecule has 2 amide bonds. The molecular formula is C14H17ClN2O2. The highest BCUT2D eigenvalue weighted by molar-refractivity contribution is 6.30. The third-order valence-electron chi connectivity index (χ3n) is 3.05. The van der Waals surface area contributed by atoms with Gasteiger partial charge in [0.05, 0.1) is 6.10 Å². The van der Waals surface area contributed by atoms with Crippen molar-refractivity contribution in [2.75, 3.05) is 6.54 Å². The van der Waals surface area contributed by atoms with Crippen LogP contribution in [0.4, 0.5) is 4.79 Å². The van der Waals surface area contributed by atoms with Crippen molar-refractivity contribution in [3.8, 4) is 0 Å². The van der Waals surface area contributed by atoms with Crippen LogP contribution in [0.15, 0.2) is 36.4 Å². The lowest BCUT2D eigenvalue weighted by molar-refractivity contribution is 0.172. The van der Waals surface area contributed by atoms with Crippen LogP contribution in [-0.2, 0) is 0 Å². The Morgan fingerprint density at radius 1 is 1.32 bits per heavy atom. The maximum absolute atomic E-state index is 11.6. The largest absolute Gasteiger partial charge is 0.387 e. The number of aliphatic hydroxyl groups excluding tert-OH is 1. The lowest BCUT2D eigenvalue weighted by Gasteiger charge is -2.15. The van der Waals surface area contributed by atoms with Gasteiger partial charge in [-0.15, -0.1) is 0 Å². The number of carbonyl (C=O) groups excluding carboxylic acids is 1. The number of benzene rings is 1. The lowest BCUT2D eigenvalue weighted by Crippen LogP contribution is -2.42. The number of nitrogens with one attached hydrogen (secondary N) is 2. The van der Waals surface area contributed by atoms with Gasteiger partial charge in [0.15, 0.2) is 0 Å². The summed E-state index contributed by atoms with van der Waals surface area (Å²) in [4.78, 5) is 11.6. The fourth-order valence-corrected chi connectivity index (χ4v) is 2.09. The zero-order valence-electron chi connectivity index (χ0n) is 10.5. The van der Waals surface area contributed by atoms with Gasteiger partial charge >= 0.3 is 6.03 Å². The molecule has 4 nitrogen and oxygen atoms in total. The number of carbonyl (C=O) groups is 1. The van der Waals surface area contributed by atoms with Gasteiger partial charge in [-0.2, -0.15) is 0 Å². The van der Waals surface area contributed by atoms with Crippen molar-refractivity contribution in [1.82, 2.24) is 10.6 Å². The average Bonchev–Trinajstić information content (AvgIpc) is 2.89. The molecule has 0 saturated carbocycles. The van der Waals surface area contributed by atoms with Crippen LogP contribution in [0.25, 0.3) is 0 Å². The first-order valence-electron chi connectivity index (χ1n) is 6.28. The van der Waals surface area contributed by atoms with Crippen LogP contribution in [0.5, 0.6) is 0 Å². The Labute approximate surface area is 117 Å². The molecule has 1 aromatic rings. The van der Waals surface area contributed by atoms with Crippen molar-refractivity contribution < 1.29 is 9.90 Å². The SMILES string of the molecule is O=C(NCC(O)c1ccc(Cl)cc1)NC1CC=CC1. The molecule has 2 rings (SSSR count). The Morgan fingerprint density at radius 2 is 1.95 bits per heavy atom. The Bertz CT molecular complexity index is 451. The van der Waals surface area contributed by atoms with Crippen molar-refractivity contribution in [2.24, 2.45) is 0 Å².